The lowest BCUT2D eigenvalue weighted by atomic mass is 10.0. The fraction of sp³-hybridized carbons (Fsp3) is 0.429. The minimum atomic E-state index is 0.240. The molecule has 1 heterocycles. The minimum absolute atomic E-state index is 0.240. The van der Waals surface area contributed by atoms with Gasteiger partial charge < -0.3 is 10.1 Å². The van der Waals surface area contributed by atoms with Crippen LogP contribution in [0.3, 0.4) is 0 Å². The van der Waals surface area contributed by atoms with E-state index in [1.807, 2.05) is 13.8 Å². The van der Waals surface area contributed by atoms with Crippen LogP contribution in [0.5, 0.6) is 5.75 Å². The van der Waals surface area contributed by atoms with Gasteiger partial charge in [-0.25, -0.2) is 0 Å². The van der Waals surface area contributed by atoms with E-state index in [4.69, 9.17) is 4.74 Å². The van der Waals surface area contributed by atoms with Crippen LogP contribution in [0.25, 0.3) is 5.57 Å². The molecule has 2 nitrogen and oxygen atoms in total. The molecule has 0 aliphatic carbocycles. The molecule has 0 bridgehead atoms. The Bertz CT molecular complexity index is 365. The Morgan fingerprint density at radius 2 is 1.94 bits per heavy atom. The minimum Gasteiger partial charge on any atom is -0.491 e. The monoisotopic (exact) mass is 217 g/mol. The Hall–Kier alpha value is -1.28. The van der Waals surface area contributed by atoms with Crippen molar-refractivity contribution in [2.24, 2.45) is 0 Å². The fourth-order valence-electron chi connectivity index (χ4n) is 1.90. The molecule has 2 heteroatoms. The first-order valence-electron chi connectivity index (χ1n) is 5.92. The van der Waals surface area contributed by atoms with Gasteiger partial charge in [-0.2, -0.15) is 0 Å². The first-order valence-corrected chi connectivity index (χ1v) is 5.92. The number of rotatable bonds is 3. The van der Waals surface area contributed by atoms with Crippen molar-refractivity contribution in [3.05, 3.63) is 35.9 Å². The lowest BCUT2D eigenvalue weighted by Crippen LogP contribution is -2.19. The van der Waals surface area contributed by atoms with Crippen LogP contribution in [-0.2, 0) is 0 Å². The van der Waals surface area contributed by atoms with Gasteiger partial charge in [0.1, 0.15) is 5.75 Å². The Labute approximate surface area is 97.3 Å². The van der Waals surface area contributed by atoms with Crippen LogP contribution in [-0.4, -0.2) is 19.2 Å². The van der Waals surface area contributed by atoms with E-state index in [9.17, 15) is 0 Å². The Balaban J connectivity index is 2.09. The molecule has 1 aromatic carbocycles. The third-order valence-corrected chi connectivity index (χ3v) is 2.66. The molecule has 1 N–H and O–H groups in total. The lowest BCUT2D eigenvalue weighted by molar-refractivity contribution is 0.242. The van der Waals surface area contributed by atoms with Crippen molar-refractivity contribution in [3.63, 3.8) is 0 Å². The van der Waals surface area contributed by atoms with E-state index in [0.717, 1.165) is 25.3 Å². The molecule has 1 aliphatic rings. The van der Waals surface area contributed by atoms with Crippen LogP contribution in [0.2, 0.25) is 0 Å². The Morgan fingerprint density at radius 1 is 1.19 bits per heavy atom. The average Bonchev–Trinajstić information content (AvgIpc) is 2.30. The first kappa shape index (κ1) is 11.2. The third kappa shape index (κ3) is 2.86. The summed E-state index contributed by atoms with van der Waals surface area (Å²) in [4.78, 5) is 0. The molecule has 0 fully saturated rings. The van der Waals surface area contributed by atoms with E-state index in [0.29, 0.717) is 0 Å². The second-order valence-corrected chi connectivity index (χ2v) is 4.37. The molecule has 2 rings (SSSR count). The highest BCUT2D eigenvalue weighted by Crippen LogP contribution is 2.22. The van der Waals surface area contributed by atoms with Crippen LogP contribution in [0.15, 0.2) is 30.3 Å². The molecule has 0 atom stereocenters. The van der Waals surface area contributed by atoms with Crippen molar-refractivity contribution in [1.29, 1.82) is 0 Å². The van der Waals surface area contributed by atoms with Crippen LogP contribution < -0.4 is 10.1 Å². The van der Waals surface area contributed by atoms with E-state index >= 15 is 0 Å². The highest BCUT2D eigenvalue weighted by atomic mass is 16.5. The summed E-state index contributed by atoms with van der Waals surface area (Å²) in [6.45, 7) is 6.15. The van der Waals surface area contributed by atoms with Gasteiger partial charge in [0, 0.05) is 6.54 Å². The van der Waals surface area contributed by atoms with Gasteiger partial charge in [-0.05, 0) is 50.1 Å². The predicted octanol–water partition coefficient (Wildman–Crippen LogP) is 2.85. The Kier molecular flexibility index (Phi) is 3.62. The van der Waals surface area contributed by atoms with Crippen LogP contribution in [0.4, 0.5) is 0 Å². The fourth-order valence-corrected chi connectivity index (χ4v) is 1.90. The number of ether oxygens (including phenoxy) is 1. The molecular formula is C14H19NO. The third-order valence-electron chi connectivity index (χ3n) is 2.66. The van der Waals surface area contributed by atoms with Gasteiger partial charge in [-0.3, -0.25) is 0 Å². The highest BCUT2D eigenvalue weighted by molar-refractivity contribution is 5.67. The predicted molar refractivity (Wildman–Crippen MR) is 67.7 cm³/mol. The summed E-state index contributed by atoms with van der Waals surface area (Å²) in [7, 11) is 0. The van der Waals surface area contributed by atoms with Crippen molar-refractivity contribution >= 4 is 5.57 Å². The van der Waals surface area contributed by atoms with Gasteiger partial charge in [-0.1, -0.05) is 18.2 Å². The van der Waals surface area contributed by atoms with Crippen molar-refractivity contribution in [2.75, 3.05) is 13.1 Å². The van der Waals surface area contributed by atoms with E-state index in [1.54, 1.807) is 0 Å². The highest BCUT2D eigenvalue weighted by Gasteiger charge is 2.05. The second-order valence-electron chi connectivity index (χ2n) is 4.37. The zero-order chi connectivity index (χ0) is 11.4. The van der Waals surface area contributed by atoms with Gasteiger partial charge >= 0.3 is 0 Å². The number of nitrogens with one attached hydrogen (secondary N) is 1. The maximum atomic E-state index is 5.62. The summed E-state index contributed by atoms with van der Waals surface area (Å²) in [6, 6.07) is 8.40. The average molecular weight is 217 g/mol. The van der Waals surface area contributed by atoms with E-state index in [-0.39, 0.29) is 6.10 Å². The van der Waals surface area contributed by atoms with Crippen molar-refractivity contribution < 1.29 is 4.74 Å². The molecular weight excluding hydrogens is 198 g/mol. The summed E-state index contributed by atoms with van der Waals surface area (Å²) in [5, 5.41) is 3.32. The molecule has 0 amide bonds. The van der Waals surface area contributed by atoms with Gasteiger partial charge in [0.15, 0.2) is 0 Å². The summed E-state index contributed by atoms with van der Waals surface area (Å²) in [6.07, 6.45) is 3.62. The van der Waals surface area contributed by atoms with Crippen LogP contribution in [0.1, 0.15) is 25.8 Å². The smallest absolute Gasteiger partial charge is 0.119 e. The number of benzene rings is 1. The van der Waals surface area contributed by atoms with Crippen molar-refractivity contribution in [3.8, 4) is 5.75 Å². The van der Waals surface area contributed by atoms with Gasteiger partial charge in [0.25, 0.3) is 0 Å². The lowest BCUT2D eigenvalue weighted by Gasteiger charge is -2.15. The molecule has 86 valence electrons. The number of hydrogen-bond donors (Lipinski definition) is 1. The van der Waals surface area contributed by atoms with Gasteiger partial charge in [0.05, 0.1) is 6.10 Å². The SMILES string of the molecule is CC(C)Oc1ccc(C2=CCNCC2)cc1. The zero-order valence-corrected chi connectivity index (χ0v) is 9.99. The summed E-state index contributed by atoms with van der Waals surface area (Å²) >= 11 is 0. The van der Waals surface area contributed by atoms with E-state index < -0.39 is 0 Å². The summed E-state index contributed by atoms with van der Waals surface area (Å²) in [5.41, 5.74) is 2.76. The molecule has 1 aromatic rings. The molecule has 1 aliphatic heterocycles. The number of hydrogen-bond acceptors (Lipinski definition) is 2. The Morgan fingerprint density at radius 3 is 2.50 bits per heavy atom. The van der Waals surface area contributed by atoms with E-state index in [2.05, 4.69) is 35.7 Å². The normalized spacial score (nSPS) is 16.1. The molecule has 16 heavy (non-hydrogen) atoms. The van der Waals surface area contributed by atoms with Crippen LogP contribution >= 0.6 is 0 Å². The molecule has 0 saturated carbocycles. The second kappa shape index (κ2) is 5.17. The zero-order valence-electron chi connectivity index (χ0n) is 9.99. The molecule has 0 saturated heterocycles. The van der Waals surface area contributed by atoms with Crippen molar-refractivity contribution in [2.45, 2.75) is 26.4 Å². The van der Waals surface area contributed by atoms with Crippen LogP contribution in [0, 0.1) is 0 Å². The summed E-state index contributed by atoms with van der Waals surface area (Å²) in [5.74, 6) is 0.952. The summed E-state index contributed by atoms with van der Waals surface area (Å²) < 4.78 is 5.62. The van der Waals surface area contributed by atoms with Gasteiger partial charge in [0.2, 0.25) is 0 Å². The van der Waals surface area contributed by atoms with Crippen molar-refractivity contribution in [1.82, 2.24) is 5.32 Å². The maximum absolute atomic E-state index is 5.62. The quantitative estimate of drug-likeness (QED) is 0.840. The molecule has 0 unspecified atom stereocenters. The first-order chi connectivity index (χ1) is 7.75. The van der Waals surface area contributed by atoms with Gasteiger partial charge in [-0.15, -0.1) is 0 Å². The molecule has 0 radical (unpaired) electrons. The standard InChI is InChI=1S/C14H19NO/c1-11(2)16-14-5-3-12(4-6-14)13-7-9-15-10-8-13/h3-7,11,15H,8-10H2,1-2H3. The topological polar surface area (TPSA) is 21.3 Å². The molecule has 0 aromatic heterocycles. The molecule has 0 spiro atoms. The van der Waals surface area contributed by atoms with E-state index in [1.165, 1.54) is 11.1 Å². The largest absolute Gasteiger partial charge is 0.491 e. The maximum Gasteiger partial charge on any atom is 0.119 e.